The van der Waals surface area contributed by atoms with Crippen molar-refractivity contribution in [1.29, 1.82) is 0 Å². The zero-order chi connectivity index (χ0) is 27.1. The number of nitrogens with zero attached hydrogens (tertiary/aromatic N) is 6. The molecule has 0 aliphatic carbocycles. The van der Waals surface area contributed by atoms with Crippen LogP contribution < -0.4 is 20.7 Å². The number of β-lactam (4-membered cyclic amide) rings is 1. The summed E-state index contributed by atoms with van der Waals surface area (Å²) in [6.07, 6.45) is 4.60. The number of amides is 2. The van der Waals surface area contributed by atoms with E-state index in [1.54, 1.807) is 27.4 Å². The zero-order valence-electron chi connectivity index (χ0n) is 19.5. The molecule has 5 rings (SSSR count). The van der Waals surface area contributed by atoms with E-state index in [0.717, 1.165) is 16.2 Å². The first-order valence-electron chi connectivity index (χ1n) is 10.9. The minimum atomic E-state index is -1.53. The number of nitrogens with two attached hydrogens (primary N) is 1. The van der Waals surface area contributed by atoms with Gasteiger partial charge >= 0.3 is 5.69 Å². The fourth-order valence-corrected chi connectivity index (χ4v) is 6.12. The standard InChI is InChI=1S/C21H18N8O7S2/c1-36-25-14(12-9-38-21(22)23-12)17(30)24-15-18(31)28-16(20(32)33)10(8-37-19(15)28)6-26-4-5-27-7-11(29(34)35)2-3-13(26)27/h2-5,7,9,15,19H,6,8H2,1H3,(H3-,22,23,24,30,32,33)/b25-14-/t15-,19-/m1/s1. The number of nitrogen functional groups attached to an aromatic ring is 1. The molecule has 0 saturated carbocycles. The topological polar surface area (TPSA) is 201 Å². The summed E-state index contributed by atoms with van der Waals surface area (Å²) < 4.78 is 3.26. The second-order valence-corrected chi connectivity index (χ2v) is 10.1. The van der Waals surface area contributed by atoms with Crippen molar-refractivity contribution in [3.63, 3.8) is 0 Å². The lowest BCUT2D eigenvalue weighted by molar-refractivity contribution is -0.662. The van der Waals surface area contributed by atoms with E-state index in [9.17, 15) is 29.6 Å². The molecule has 5 heterocycles. The molecule has 196 valence electrons. The highest BCUT2D eigenvalue weighted by Gasteiger charge is 2.53. The smallest absolute Gasteiger partial charge is 0.308 e. The molecule has 0 spiro atoms. The fourth-order valence-electron chi connectivity index (χ4n) is 4.23. The van der Waals surface area contributed by atoms with E-state index in [-0.39, 0.29) is 40.2 Å². The van der Waals surface area contributed by atoms with Crippen molar-refractivity contribution in [2.24, 2.45) is 5.16 Å². The van der Waals surface area contributed by atoms with Crippen molar-refractivity contribution in [3.05, 3.63) is 63.2 Å². The molecule has 2 atom stereocenters. The van der Waals surface area contributed by atoms with Crippen molar-refractivity contribution in [3.8, 4) is 0 Å². The van der Waals surface area contributed by atoms with Gasteiger partial charge in [0.25, 0.3) is 17.5 Å². The fraction of sp³-hybridized carbons (Fsp3) is 0.238. The number of carbonyl (C=O) groups excluding carboxylic acids is 3. The number of carbonyl (C=O) groups is 3. The summed E-state index contributed by atoms with van der Waals surface area (Å²) in [7, 11) is 1.25. The first-order valence-corrected chi connectivity index (χ1v) is 12.8. The number of rotatable bonds is 8. The van der Waals surface area contributed by atoms with Gasteiger partial charge in [-0.15, -0.1) is 23.1 Å². The van der Waals surface area contributed by atoms with Crippen LogP contribution in [0.2, 0.25) is 0 Å². The Morgan fingerprint density at radius 1 is 1.42 bits per heavy atom. The normalized spacial score (nSPS) is 19.2. The third-order valence-electron chi connectivity index (χ3n) is 5.90. The van der Waals surface area contributed by atoms with Crippen LogP contribution in [-0.4, -0.2) is 67.0 Å². The summed E-state index contributed by atoms with van der Waals surface area (Å²) in [5, 5.41) is 30.5. The van der Waals surface area contributed by atoms with Crippen LogP contribution in [0, 0.1) is 10.1 Å². The lowest BCUT2D eigenvalue weighted by Crippen LogP contribution is -2.71. The van der Waals surface area contributed by atoms with Gasteiger partial charge in [-0.1, -0.05) is 5.16 Å². The molecule has 38 heavy (non-hydrogen) atoms. The number of oxime groups is 1. The third-order valence-corrected chi connectivity index (χ3v) is 7.92. The number of hydrogen-bond donors (Lipinski definition) is 2. The maximum absolute atomic E-state index is 13.0. The first-order chi connectivity index (χ1) is 18.2. The van der Waals surface area contributed by atoms with Crippen LogP contribution in [0.25, 0.3) is 5.65 Å². The molecule has 1 saturated heterocycles. The van der Waals surface area contributed by atoms with Gasteiger partial charge < -0.3 is 25.8 Å². The second kappa shape index (κ2) is 9.75. The third kappa shape index (κ3) is 4.30. The number of hydrogen-bond acceptors (Lipinski definition) is 12. The number of carboxylic acid groups (broad SMARTS) is 1. The number of aromatic nitrogens is 3. The molecule has 2 aliphatic heterocycles. The lowest BCUT2D eigenvalue weighted by Gasteiger charge is -2.50. The van der Waals surface area contributed by atoms with E-state index in [0.29, 0.717) is 11.2 Å². The van der Waals surface area contributed by atoms with E-state index in [4.69, 9.17) is 10.6 Å². The maximum Gasteiger partial charge on any atom is 0.308 e. The van der Waals surface area contributed by atoms with Crippen LogP contribution in [-0.2, 0) is 25.8 Å². The Morgan fingerprint density at radius 2 is 2.21 bits per heavy atom. The average molecular weight is 559 g/mol. The van der Waals surface area contributed by atoms with Gasteiger partial charge in [-0.25, -0.2) is 9.55 Å². The van der Waals surface area contributed by atoms with Crippen LogP contribution in [0.15, 0.2) is 52.5 Å². The predicted octanol–water partition coefficient (Wildman–Crippen LogP) is -1.37. The molecule has 3 N–H and O–H groups in total. The van der Waals surface area contributed by atoms with Gasteiger partial charge in [0.05, 0.1) is 16.6 Å². The number of carboxylic acids is 1. The Hall–Kier alpha value is -4.51. The summed E-state index contributed by atoms with van der Waals surface area (Å²) >= 11 is 2.38. The summed E-state index contributed by atoms with van der Waals surface area (Å²) in [5.41, 5.74) is 6.27. The van der Waals surface area contributed by atoms with Crippen LogP contribution in [0.3, 0.4) is 0 Å². The van der Waals surface area contributed by atoms with E-state index >= 15 is 0 Å². The van der Waals surface area contributed by atoms with Crippen LogP contribution in [0.1, 0.15) is 5.69 Å². The van der Waals surface area contributed by atoms with Crippen molar-refractivity contribution in [2.75, 3.05) is 18.6 Å². The number of aliphatic carboxylic acids is 1. The zero-order valence-corrected chi connectivity index (χ0v) is 21.1. The lowest BCUT2D eigenvalue weighted by atomic mass is 10.0. The van der Waals surface area contributed by atoms with E-state index < -0.39 is 34.1 Å². The Bertz CT molecular complexity index is 1560. The molecular formula is C21H18N8O7S2. The van der Waals surface area contributed by atoms with Crippen molar-refractivity contribution >= 4 is 63.1 Å². The molecule has 1 fully saturated rings. The predicted molar refractivity (Wildman–Crippen MR) is 131 cm³/mol. The van der Waals surface area contributed by atoms with Crippen LogP contribution in [0.5, 0.6) is 0 Å². The Balaban J connectivity index is 1.37. The number of thiazole rings is 1. The molecular weight excluding hydrogens is 540 g/mol. The molecule has 0 aromatic carbocycles. The molecule has 3 aromatic heterocycles. The number of nitro groups is 1. The monoisotopic (exact) mass is 558 g/mol. The number of fused-ring (bicyclic) bond motifs is 2. The van der Waals surface area contributed by atoms with Gasteiger partial charge in [-0.2, -0.15) is 4.40 Å². The average Bonchev–Trinajstić information content (AvgIpc) is 3.50. The summed E-state index contributed by atoms with van der Waals surface area (Å²) in [5.74, 6) is -2.64. The number of pyridine rings is 1. The second-order valence-electron chi connectivity index (χ2n) is 8.13. The summed E-state index contributed by atoms with van der Waals surface area (Å²) in [4.78, 5) is 58.4. The summed E-state index contributed by atoms with van der Waals surface area (Å²) in [6.45, 7) is 0.105. The molecule has 0 unspecified atom stereocenters. The molecule has 3 aromatic rings. The SMILES string of the molecule is CO/N=C(\C(=O)N[C@@H]1C(=O)N2C(C(=O)[O-])=C(C[n+]3ccn4cc([N+](=O)[O-])ccc43)CS[C@H]12)c1csc(N)n1. The van der Waals surface area contributed by atoms with Gasteiger partial charge in [0.2, 0.25) is 0 Å². The van der Waals surface area contributed by atoms with E-state index in [2.05, 4.69) is 15.5 Å². The van der Waals surface area contributed by atoms with Gasteiger partial charge in [-0.3, -0.25) is 24.6 Å². The number of thioether (sulfide) groups is 1. The van der Waals surface area contributed by atoms with Crippen molar-refractivity contribution in [2.45, 2.75) is 18.0 Å². The number of imidazole rings is 1. The Morgan fingerprint density at radius 3 is 2.87 bits per heavy atom. The molecule has 2 aliphatic rings. The van der Waals surface area contributed by atoms with Crippen LogP contribution >= 0.6 is 23.1 Å². The molecule has 15 nitrogen and oxygen atoms in total. The number of nitrogens with one attached hydrogen (secondary N) is 1. The van der Waals surface area contributed by atoms with Gasteiger partial charge in [0.1, 0.15) is 43.2 Å². The van der Waals surface area contributed by atoms with Crippen LogP contribution in [0.4, 0.5) is 10.8 Å². The van der Waals surface area contributed by atoms with Gasteiger partial charge in [-0.05, 0) is 0 Å². The number of anilines is 1. The largest absolute Gasteiger partial charge is 0.543 e. The van der Waals surface area contributed by atoms with E-state index in [1.165, 1.54) is 36.5 Å². The van der Waals surface area contributed by atoms with Gasteiger partial charge in [0.15, 0.2) is 17.0 Å². The molecule has 0 bridgehead atoms. The highest BCUT2D eigenvalue weighted by Crippen LogP contribution is 2.40. The highest BCUT2D eigenvalue weighted by atomic mass is 32.2. The minimum absolute atomic E-state index is 0.0952. The Kier molecular flexibility index (Phi) is 6.45. The first kappa shape index (κ1) is 25.2. The molecule has 0 radical (unpaired) electrons. The Labute approximate surface area is 221 Å². The quantitative estimate of drug-likeness (QED) is 0.109. The molecule has 17 heteroatoms. The van der Waals surface area contributed by atoms with Crippen molar-refractivity contribution < 1.29 is 33.8 Å². The van der Waals surface area contributed by atoms with Crippen molar-refractivity contribution in [1.82, 2.24) is 19.6 Å². The minimum Gasteiger partial charge on any atom is -0.543 e. The highest BCUT2D eigenvalue weighted by molar-refractivity contribution is 8.00. The van der Waals surface area contributed by atoms with Gasteiger partial charge in [0, 0.05) is 28.8 Å². The summed E-state index contributed by atoms with van der Waals surface area (Å²) in [6, 6.07) is 1.88. The molecule has 2 amide bonds. The maximum atomic E-state index is 13.0. The van der Waals surface area contributed by atoms with E-state index in [1.807, 2.05) is 0 Å².